The molecule has 0 heterocycles. The van der Waals surface area contributed by atoms with Crippen molar-refractivity contribution in [2.45, 2.75) is 31.7 Å². The number of fused-ring (bicyclic) bond motifs is 1. The zero-order valence-electron chi connectivity index (χ0n) is 13.9. The van der Waals surface area contributed by atoms with E-state index in [4.69, 9.17) is 0 Å². The van der Waals surface area contributed by atoms with Crippen LogP contribution in [0, 0.1) is 5.82 Å². The molecule has 1 aliphatic rings. The molecule has 130 valence electrons. The summed E-state index contributed by atoms with van der Waals surface area (Å²) in [5.41, 5.74) is 2.92. The second-order valence-corrected chi connectivity index (χ2v) is 6.22. The fraction of sp³-hybridized carbons (Fsp3) is 0.300. The van der Waals surface area contributed by atoms with Crippen LogP contribution in [-0.4, -0.2) is 18.4 Å². The summed E-state index contributed by atoms with van der Waals surface area (Å²) in [5.74, 6) is -0.635. The molecule has 0 bridgehead atoms. The first-order valence-corrected chi connectivity index (χ1v) is 8.54. The van der Waals surface area contributed by atoms with E-state index in [-0.39, 0.29) is 23.7 Å². The molecule has 0 saturated carbocycles. The molecule has 0 spiro atoms. The highest BCUT2D eigenvalue weighted by molar-refractivity contribution is 5.94. The number of carbonyl (C=O) groups excluding carboxylic acids is 2. The SMILES string of the molecule is O=C(CCCNC(=O)c1ccc(F)cc1)N[C@H]1CCc2ccccc21. The summed E-state index contributed by atoms with van der Waals surface area (Å²) in [6, 6.07) is 13.7. The molecule has 0 aromatic heterocycles. The highest BCUT2D eigenvalue weighted by Crippen LogP contribution is 2.30. The average Bonchev–Trinajstić information content (AvgIpc) is 3.02. The Kier molecular flexibility index (Phi) is 5.43. The van der Waals surface area contributed by atoms with E-state index >= 15 is 0 Å². The van der Waals surface area contributed by atoms with Crippen molar-refractivity contribution in [3.63, 3.8) is 0 Å². The maximum atomic E-state index is 12.8. The van der Waals surface area contributed by atoms with Crippen molar-refractivity contribution in [1.82, 2.24) is 10.6 Å². The molecule has 5 heteroatoms. The third-order valence-corrected chi connectivity index (χ3v) is 4.44. The van der Waals surface area contributed by atoms with Crippen LogP contribution < -0.4 is 10.6 Å². The van der Waals surface area contributed by atoms with Crippen LogP contribution in [0.5, 0.6) is 0 Å². The first kappa shape index (κ1) is 17.1. The van der Waals surface area contributed by atoms with E-state index in [2.05, 4.69) is 22.8 Å². The molecule has 1 atom stereocenters. The van der Waals surface area contributed by atoms with E-state index in [1.54, 1.807) is 0 Å². The molecule has 0 unspecified atom stereocenters. The van der Waals surface area contributed by atoms with Crippen molar-refractivity contribution in [1.29, 1.82) is 0 Å². The molecule has 2 aromatic carbocycles. The van der Waals surface area contributed by atoms with Gasteiger partial charge >= 0.3 is 0 Å². The molecule has 0 saturated heterocycles. The maximum absolute atomic E-state index is 12.8. The van der Waals surface area contributed by atoms with E-state index in [1.807, 2.05) is 12.1 Å². The Bertz CT molecular complexity index is 759. The minimum absolute atomic E-state index is 0.00210. The highest BCUT2D eigenvalue weighted by Gasteiger charge is 2.22. The van der Waals surface area contributed by atoms with Crippen molar-refractivity contribution in [3.05, 3.63) is 71.0 Å². The molecule has 2 amide bonds. The Morgan fingerprint density at radius 3 is 2.64 bits per heavy atom. The molecule has 0 fully saturated rings. The van der Waals surface area contributed by atoms with Crippen molar-refractivity contribution in [3.8, 4) is 0 Å². The van der Waals surface area contributed by atoms with Crippen molar-refractivity contribution >= 4 is 11.8 Å². The topological polar surface area (TPSA) is 58.2 Å². The Balaban J connectivity index is 1.39. The number of hydrogen-bond donors (Lipinski definition) is 2. The lowest BCUT2D eigenvalue weighted by atomic mass is 10.1. The van der Waals surface area contributed by atoms with Gasteiger partial charge in [0, 0.05) is 18.5 Å². The lowest BCUT2D eigenvalue weighted by Crippen LogP contribution is -2.29. The summed E-state index contributed by atoms with van der Waals surface area (Å²) in [4.78, 5) is 24.0. The van der Waals surface area contributed by atoms with Crippen LogP contribution in [0.1, 0.15) is 46.8 Å². The second kappa shape index (κ2) is 7.92. The lowest BCUT2D eigenvalue weighted by Gasteiger charge is -2.14. The van der Waals surface area contributed by atoms with E-state index < -0.39 is 0 Å². The Morgan fingerprint density at radius 2 is 1.84 bits per heavy atom. The van der Waals surface area contributed by atoms with E-state index in [9.17, 15) is 14.0 Å². The van der Waals surface area contributed by atoms with Crippen LogP contribution in [0.4, 0.5) is 4.39 Å². The minimum Gasteiger partial charge on any atom is -0.352 e. The number of rotatable bonds is 6. The van der Waals surface area contributed by atoms with Crippen LogP contribution in [0.2, 0.25) is 0 Å². The third kappa shape index (κ3) is 4.44. The number of hydrogen-bond acceptors (Lipinski definition) is 2. The second-order valence-electron chi connectivity index (χ2n) is 6.22. The van der Waals surface area contributed by atoms with Gasteiger partial charge in [0.1, 0.15) is 5.82 Å². The number of amides is 2. The van der Waals surface area contributed by atoms with E-state index in [0.29, 0.717) is 24.9 Å². The Morgan fingerprint density at radius 1 is 1.08 bits per heavy atom. The third-order valence-electron chi connectivity index (χ3n) is 4.44. The van der Waals surface area contributed by atoms with Gasteiger partial charge in [0.15, 0.2) is 0 Å². The summed E-state index contributed by atoms with van der Waals surface area (Å²) in [7, 11) is 0. The molecule has 2 N–H and O–H groups in total. The van der Waals surface area contributed by atoms with Gasteiger partial charge in [-0.15, -0.1) is 0 Å². The molecular formula is C20H21FN2O2. The smallest absolute Gasteiger partial charge is 0.251 e. The summed E-state index contributed by atoms with van der Waals surface area (Å²) < 4.78 is 12.8. The molecule has 25 heavy (non-hydrogen) atoms. The van der Waals surface area contributed by atoms with Gasteiger partial charge in [-0.1, -0.05) is 24.3 Å². The molecule has 4 nitrogen and oxygen atoms in total. The minimum atomic E-state index is -0.373. The van der Waals surface area contributed by atoms with Crippen molar-refractivity contribution in [2.75, 3.05) is 6.54 Å². The zero-order valence-corrected chi connectivity index (χ0v) is 13.9. The van der Waals surface area contributed by atoms with Gasteiger partial charge < -0.3 is 10.6 Å². The Hall–Kier alpha value is -2.69. The predicted molar refractivity (Wildman–Crippen MR) is 93.6 cm³/mol. The molecule has 0 radical (unpaired) electrons. The average molecular weight is 340 g/mol. The number of nitrogens with one attached hydrogen (secondary N) is 2. The van der Waals surface area contributed by atoms with Crippen LogP contribution in [0.25, 0.3) is 0 Å². The van der Waals surface area contributed by atoms with Crippen LogP contribution >= 0.6 is 0 Å². The summed E-state index contributed by atoms with van der Waals surface area (Å²) >= 11 is 0. The summed E-state index contributed by atoms with van der Waals surface area (Å²) in [6.45, 7) is 0.408. The molecule has 1 aliphatic carbocycles. The van der Waals surface area contributed by atoms with Gasteiger partial charge in [0.25, 0.3) is 5.91 Å². The molecular weight excluding hydrogens is 319 g/mol. The molecule has 2 aromatic rings. The van der Waals surface area contributed by atoms with Gasteiger partial charge in [0.05, 0.1) is 6.04 Å². The fourth-order valence-electron chi connectivity index (χ4n) is 3.13. The standard InChI is InChI=1S/C20H21FN2O2/c21-16-10-7-15(8-11-16)20(25)22-13-3-6-19(24)23-18-12-9-14-4-1-2-5-17(14)18/h1-2,4-5,7-8,10-11,18H,3,6,9,12-13H2,(H,22,25)(H,23,24)/t18-/m0/s1. The van der Waals surface area contributed by atoms with Crippen LogP contribution in [0.15, 0.2) is 48.5 Å². The fourth-order valence-corrected chi connectivity index (χ4v) is 3.13. The maximum Gasteiger partial charge on any atom is 0.251 e. The first-order valence-electron chi connectivity index (χ1n) is 8.54. The molecule has 3 rings (SSSR count). The highest BCUT2D eigenvalue weighted by atomic mass is 19.1. The Labute approximate surface area is 146 Å². The zero-order chi connectivity index (χ0) is 17.6. The lowest BCUT2D eigenvalue weighted by molar-refractivity contribution is -0.121. The van der Waals surface area contributed by atoms with Gasteiger partial charge in [-0.25, -0.2) is 4.39 Å². The van der Waals surface area contributed by atoms with Gasteiger partial charge in [-0.3, -0.25) is 9.59 Å². The quantitative estimate of drug-likeness (QED) is 0.794. The largest absolute Gasteiger partial charge is 0.352 e. The van der Waals surface area contributed by atoms with Crippen molar-refractivity contribution in [2.24, 2.45) is 0 Å². The summed E-state index contributed by atoms with van der Waals surface area (Å²) in [6.07, 6.45) is 2.86. The number of halogens is 1. The van der Waals surface area contributed by atoms with Gasteiger partial charge in [0.2, 0.25) is 5.91 Å². The van der Waals surface area contributed by atoms with Crippen LogP contribution in [0.3, 0.4) is 0 Å². The number of benzene rings is 2. The van der Waals surface area contributed by atoms with E-state index in [0.717, 1.165) is 12.8 Å². The van der Waals surface area contributed by atoms with Gasteiger partial charge in [-0.05, 0) is 54.7 Å². The van der Waals surface area contributed by atoms with Crippen molar-refractivity contribution < 1.29 is 14.0 Å². The number of carbonyl (C=O) groups is 2. The predicted octanol–water partition coefficient (Wildman–Crippen LogP) is 3.14. The van der Waals surface area contributed by atoms with E-state index in [1.165, 1.54) is 35.4 Å². The molecule has 0 aliphatic heterocycles. The first-order chi connectivity index (χ1) is 12.1. The monoisotopic (exact) mass is 340 g/mol. The normalized spacial score (nSPS) is 15.5. The van der Waals surface area contributed by atoms with Crippen LogP contribution in [-0.2, 0) is 11.2 Å². The van der Waals surface area contributed by atoms with Gasteiger partial charge in [-0.2, -0.15) is 0 Å². The summed E-state index contributed by atoms with van der Waals surface area (Å²) in [5, 5.41) is 5.81. The number of aryl methyl sites for hydroxylation is 1.